The third kappa shape index (κ3) is 4.59. The molecule has 6 nitrogen and oxygen atoms in total. The first kappa shape index (κ1) is 24.0. The van der Waals surface area contributed by atoms with E-state index in [9.17, 15) is 9.59 Å². The number of nitrogens with zero attached hydrogens (tertiary/aromatic N) is 2. The topological polar surface area (TPSA) is 87.8 Å². The van der Waals surface area contributed by atoms with Crippen molar-refractivity contribution in [1.82, 2.24) is 10.2 Å². The van der Waals surface area contributed by atoms with Crippen LogP contribution in [0.2, 0.25) is 0 Å². The van der Waals surface area contributed by atoms with Crippen molar-refractivity contribution in [1.29, 1.82) is 0 Å². The van der Waals surface area contributed by atoms with Gasteiger partial charge in [-0.3, -0.25) is 14.5 Å². The fourth-order valence-electron chi connectivity index (χ4n) is 5.38. The van der Waals surface area contributed by atoms with Gasteiger partial charge in [0.1, 0.15) is 0 Å². The van der Waals surface area contributed by atoms with Gasteiger partial charge in [-0.15, -0.1) is 0 Å². The van der Waals surface area contributed by atoms with E-state index in [2.05, 4.69) is 38.2 Å². The van der Waals surface area contributed by atoms with Gasteiger partial charge in [0.05, 0.1) is 24.0 Å². The van der Waals surface area contributed by atoms with Crippen LogP contribution in [0.3, 0.4) is 0 Å². The Morgan fingerprint density at radius 3 is 2.65 bits per heavy atom. The molecule has 0 aromatic heterocycles. The Morgan fingerprint density at radius 2 is 1.94 bits per heavy atom. The van der Waals surface area contributed by atoms with Crippen LogP contribution in [0, 0.1) is 0 Å². The van der Waals surface area contributed by atoms with Crippen molar-refractivity contribution in [3.8, 4) is 0 Å². The van der Waals surface area contributed by atoms with Crippen molar-refractivity contribution >= 4 is 17.8 Å². The van der Waals surface area contributed by atoms with E-state index < -0.39 is 5.54 Å². The van der Waals surface area contributed by atoms with E-state index >= 15 is 0 Å². The maximum Gasteiger partial charge on any atom is 0.251 e. The molecule has 0 saturated heterocycles. The summed E-state index contributed by atoms with van der Waals surface area (Å²) in [5.74, 6) is 0.198. The molecule has 1 aliphatic carbocycles. The number of hydrogen-bond acceptors (Lipinski definition) is 4. The molecule has 1 aliphatic heterocycles. The number of amides is 2. The molecular weight excluding hydrogens is 424 g/mol. The lowest BCUT2D eigenvalue weighted by molar-refractivity contribution is -0.131. The second-order valence-electron chi connectivity index (χ2n) is 9.54. The van der Waals surface area contributed by atoms with Crippen LogP contribution in [0.4, 0.5) is 0 Å². The van der Waals surface area contributed by atoms with Gasteiger partial charge in [-0.05, 0) is 60.9 Å². The Hall–Kier alpha value is -3.15. The maximum absolute atomic E-state index is 13.3. The molecule has 6 heteroatoms. The van der Waals surface area contributed by atoms with Gasteiger partial charge in [0.15, 0.2) is 5.96 Å². The summed E-state index contributed by atoms with van der Waals surface area (Å²) in [4.78, 5) is 32.9. The molecule has 2 aromatic carbocycles. The lowest BCUT2D eigenvalue weighted by atomic mass is 9.87. The SMILES string of the molecule is CCCC(c1cccc(C(=O)N[C@H]2CCc3ccccc32)c1)N1C(=O)CC(CC)(CC)N=C1N. The molecule has 34 heavy (non-hydrogen) atoms. The van der Waals surface area contributed by atoms with Gasteiger partial charge in [-0.2, -0.15) is 0 Å². The number of rotatable bonds is 8. The minimum absolute atomic E-state index is 0.00654. The molecule has 0 bridgehead atoms. The zero-order valence-electron chi connectivity index (χ0n) is 20.5. The maximum atomic E-state index is 13.3. The second kappa shape index (κ2) is 10.00. The number of fused-ring (bicyclic) bond motifs is 1. The van der Waals surface area contributed by atoms with Gasteiger partial charge in [0.2, 0.25) is 5.91 Å². The molecule has 4 rings (SSSR count). The van der Waals surface area contributed by atoms with Crippen LogP contribution >= 0.6 is 0 Å². The Kier molecular flexibility index (Phi) is 7.05. The number of hydrogen-bond donors (Lipinski definition) is 2. The number of carbonyl (C=O) groups is 2. The fraction of sp³-hybridized carbons (Fsp3) is 0.464. The summed E-state index contributed by atoms with van der Waals surface area (Å²) < 4.78 is 0. The smallest absolute Gasteiger partial charge is 0.251 e. The van der Waals surface area contributed by atoms with E-state index in [1.54, 1.807) is 4.90 Å². The molecule has 2 amide bonds. The molecule has 2 aromatic rings. The highest BCUT2D eigenvalue weighted by Gasteiger charge is 2.40. The van der Waals surface area contributed by atoms with Gasteiger partial charge in [-0.1, -0.05) is 63.6 Å². The first-order valence-electron chi connectivity index (χ1n) is 12.6. The molecule has 2 aliphatic rings. The first-order valence-corrected chi connectivity index (χ1v) is 12.6. The van der Waals surface area contributed by atoms with Crippen molar-refractivity contribution < 1.29 is 9.59 Å². The monoisotopic (exact) mass is 460 g/mol. The average molecular weight is 461 g/mol. The lowest BCUT2D eigenvalue weighted by Crippen LogP contribution is -2.52. The van der Waals surface area contributed by atoms with Crippen molar-refractivity contribution in [3.63, 3.8) is 0 Å². The minimum Gasteiger partial charge on any atom is -0.369 e. The zero-order chi connectivity index (χ0) is 24.3. The summed E-state index contributed by atoms with van der Waals surface area (Å²) in [6.07, 6.45) is 5.44. The number of nitrogens with one attached hydrogen (secondary N) is 1. The van der Waals surface area contributed by atoms with E-state index in [1.165, 1.54) is 11.1 Å². The number of aryl methyl sites for hydroxylation is 1. The number of aliphatic imine (C=N–C) groups is 1. The molecule has 0 spiro atoms. The zero-order valence-corrected chi connectivity index (χ0v) is 20.5. The van der Waals surface area contributed by atoms with Crippen LogP contribution in [-0.2, 0) is 11.2 Å². The van der Waals surface area contributed by atoms with Crippen molar-refractivity contribution in [2.24, 2.45) is 10.7 Å². The number of nitrogens with two attached hydrogens (primary N) is 1. The highest BCUT2D eigenvalue weighted by atomic mass is 16.2. The summed E-state index contributed by atoms with van der Waals surface area (Å²) >= 11 is 0. The minimum atomic E-state index is -0.409. The van der Waals surface area contributed by atoms with Gasteiger partial charge < -0.3 is 11.1 Å². The van der Waals surface area contributed by atoms with Crippen LogP contribution in [0.1, 0.15) is 98.4 Å². The summed E-state index contributed by atoms with van der Waals surface area (Å²) in [6.45, 7) is 6.19. The van der Waals surface area contributed by atoms with E-state index in [4.69, 9.17) is 10.7 Å². The van der Waals surface area contributed by atoms with Crippen LogP contribution in [0.15, 0.2) is 53.5 Å². The number of guanidine groups is 1. The van der Waals surface area contributed by atoms with Gasteiger partial charge in [-0.25, -0.2) is 4.99 Å². The number of benzene rings is 2. The lowest BCUT2D eigenvalue weighted by Gasteiger charge is -2.40. The van der Waals surface area contributed by atoms with Crippen molar-refractivity contribution in [2.75, 3.05) is 0 Å². The van der Waals surface area contributed by atoms with Crippen LogP contribution in [0.5, 0.6) is 0 Å². The summed E-state index contributed by atoms with van der Waals surface area (Å²) in [6, 6.07) is 15.7. The van der Waals surface area contributed by atoms with Crippen LogP contribution in [0.25, 0.3) is 0 Å². The Labute approximate surface area is 202 Å². The summed E-state index contributed by atoms with van der Waals surface area (Å²) in [7, 11) is 0. The van der Waals surface area contributed by atoms with E-state index in [0.29, 0.717) is 12.0 Å². The quantitative estimate of drug-likeness (QED) is 0.578. The summed E-state index contributed by atoms with van der Waals surface area (Å²) in [5, 5.41) is 3.20. The molecule has 0 radical (unpaired) electrons. The highest BCUT2D eigenvalue weighted by molar-refractivity contribution is 6.00. The third-order valence-corrected chi connectivity index (χ3v) is 7.51. The van der Waals surface area contributed by atoms with Crippen LogP contribution in [-0.4, -0.2) is 28.2 Å². The van der Waals surface area contributed by atoms with Crippen LogP contribution < -0.4 is 11.1 Å². The standard InChI is InChI=1S/C28H36N4O2/c1-4-10-24(32-25(33)18-28(5-2,6-3)31-27(32)29)20-12-9-13-21(17-20)26(34)30-23-16-15-19-11-7-8-14-22(19)23/h7-9,11-14,17,23-24H,4-6,10,15-16,18H2,1-3H3,(H2,29,31)(H,30,34)/t23-,24?/m0/s1. The summed E-state index contributed by atoms with van der Waals surface area (Å²) in [5.41, 5.74) is 10.00. The van der Waals surface area contributed by atoms with Crippen molar-refractivity contribution in [2.45, 2.75) is 83.3 Å². The van der Waals surface area contributed by atoms with Gasteiger partial charge in [0.25, 0.3) is 5.91 Å². The predicted octanol–water partition coefficient (Wildman–Crippen LogP) is 5.05. The fourth-order valence-corrected chi connectivity index (χ4v) is 5.38. The Morgan fingerprint density at radius 1 is 1.18 bits per heavy atom. The highest BCUT2D eigenvalue weighted by Crippen LogP contribution is 2.35. The molecule has 1 heterocycles. The van der Waals surface area contributed by atoms with E-state index in [1.807, 2.05) is 36.4 Å². The third-order valence-electron chi connectivity index (χ3n) is 7.51. The predicted molar refractivity (Wildman–Crippen MR) is 135 cm³/mol. The second-order valence-corrected chi connectivity index (χ2v) is 9.54. The first-order chi connectivity index (χ1) is 16.4. The average Bonchev–Trinajstić information content (AvgIpc) is 3.25. The molecule has 0 saturated carbocycles. The molecule has 3 N–H and O–H groups in total. The van der Waals surface area contributed by atoms with E-state index in [0.717, 1.165) is 44.1 Å². The molecular formula is C28H36N4O2. The molecule has 180 valence electrons. The largest absolute Gasteiger partial charge is 0.369 e. The molecule has 2 atom stereocenters. The Balaban J connectivity index is 1.58. The van der Waals surface area contributed by atoms with Gasteiger partial charge >= 0.3 is 0 Å². The normalized spacial score (nSPS) is 20.0. The van der Waals surface area contributed by atoms with Gasteiger partial charge in [0, 0.05) is 5.56 Å². The Bertz CT molecular complexity index is 1090. The van der Waals surface area contributed by atoms with E-state index in [-0.39, 0.29) is 29.9 Å². The molecule has 1 unspecified atom stereocenters. The van der Waals surface area contributed by atoms with Crippen molar-refractivity contribution in [3.05, 3.63) is 70.8 Å². The number of carbonyl (C=O) groups excluding carboxylic acids is 2. The molecule has 0 fully saturated rings.